The molecule has 3 fully saturated rings. The summed E-state index contributed by atoms with van der Waals surface area (Å²) < 4.78 is 0. The maximum absolute atomic E-state index is 2.44. The van der Waals surface area contributed by atoms with Crippen molar-refractivity contribution in [3.63, 3.8) is 0 Å². The van der Waals surface area contributed by atoms with Crippen LogP contribution in [0.15, 0.2) is 42.5 Å². The molecule has 0 N–H and O–H groups in total. The highest BCUT2D eigenvalue weighted by Crippen LogP contribution is 2.47. The highest BCUT2D eigenvalue weighted by molar-refractivity contribution is 5.18. The molecule has 0 nitrogen and oxygen atoms in total. The fourth-order valence-corrected chi connectivity index (χ4v) is 7.85. The number of rotatable bonds is 8. The van der Waals surface area contributed by atoms with Crippen LogP contribution < -0.4 is 0 Å². The van der Waals surface area contributed by atoms with Crippen molar-refractivity contribution in [1.29, 1.82) is 0 Å². The summed E-state index contributed by atoms with van der Waals surface area (Å²) in [6, 6.07) is 11.2. The number of allylic oxidation sites excluding steroid dienone is 2. The molecule has 3 aliphatic carbocycles. The lowest BCUT2D eigenvalue weighted by molar-refractivity contribution is 0.102. The molecule has 0 unspecified atom stereocenters. The SMILES string of the molecule is CC=CCCC1CCC(C2CCC(C3CCC(C[C@@H](C)c4ccccc4)CC3)CC2)CC1. The van der Waals surface area contributed by atoms with Gasteiger partial charge in [0.1, 0.15) is 0 Å². The molecular formula is C32H50. The highest BCUT2D eigenvalue weighted by atomic mass is 14.4. The molecule has 0 bridgehead atoms. The minimum Gasteiger partial charge on any atom is -0.0917 e. The van der Waals surface area contributed by atoms with Gasteiger partial charge in [0.05, 0.1) is 0 Å². The van der Waals surface area contributed by atoms with Crippen LogP contribution >= 0.6 is 0 Å². The standard InChI is InChI=1S/C32H50/c1-3-4-6-9-26-12-16-29(17-13-26)31-20-22-32(23-21-31)30-18-14-27(15-19-30)24-25(2)28-10-7-5-8-11-28/h3-5,7-8,10-11,25-27,29-32H,6,9,12-24H2,1-2H3/t25-,26?,27?,29?,30?,31?,32?/m1/s1. The molecule has 3 aliphatic rings. The van der Waals surface area contributed by atoms with Crippen molar-refractivity contribution < 1.29 is 0 Å². The van der Waals surface area contributed by atoms with E-state index in [9.17, 15) is 0 Å². The van der Waals surface area contributed by atoms with Crippen molar-refractivity contribution in [3.05, 3.63) is 48.0 Å². The smallest absolute Gasteiger partial charge is 0.0188 e. The molecule has 0 heterocycles. The number of hydrogen-bond acceptors (Lipinski definition) is 0. The molecule has 32 heavy (non-hydrogen) atoms. The van der Waals surface area contributed by atoms with Crippen LogP contribution in [0, 0.1) is 35.5 Å². The predicted molar refractivity (Wildman–Crippen MR) is 140 cm³/mol. The van der Waals surface area contributed by atoms with Gasteiger partial charge in [0.25, 0.3) is 0 Å². The van der Waals surface area contributed by atoms with Gasteiger partial charge in [0.2, 0.25) is 0 Å². The van der Waals surface area contributed by atoms with Gasteiger partial charge in [0, 0.05) is 0 Å². The van der Waals surface area contributed by atoms with Crippen LogP contribution in [-0.2, 0) is 0 Å². The number of benzene rings is 1. The van der Waals surface area contributed by atoms with Crippen molar-refractivity contribution in [1.82, 2.24) is 0 Å². The minimum absolute atomic E-state index is 0.728. The summed E-state index contributed by atoms with van der Waals surface area (Å²) in [5.41, 5.74) is 1.54. The molecule has 1 aromatic carbocycles. The van der Waals surface area contributed by atoms with Gasteiger partial charge in [-0.2, -0.15) is 0 Å². The lowest BCUT2D eigenvalue weighted by Crippen LogP contribution is -2.30. The molecule has 0 aromatic heterocycles. The summed E-state index contributed by atoms with van der Waals surface area (Å²) in [4.78, 5) is 0. The van der Waals surface area contributed by atoms with Gasteiger partial charge in [-0.15, -0.1) is 0 Å². The molecule has 0 saturated heterocycles. The summed E-state index contributed by atoms with van der Waals surface area (Å²) >= 11 is 0. The van der Waals surface area contributed by atoms with E-state index in [-0.39, 0.29) is 0 Å². The van der Waals surface area contributed by atoms with Crippen molar-refractivity contribution >= 4 is 0 Å². The van der Waals surface area contributed by atoms with E-state index < -0.39 is 0 Å². The van der Waals surface area contributed by atoms with Crippen LogP contribution in [0.25, 0.3) is 0 Å². The maximum Gasteiger partial charge on any atom is -0.0188 e. The van der Waals surface area contributed by atoms with Crippen LogP contribution in [0.5, 0.6) is 0 Å². The van der Waals surface area contributed by atoms with Gasteiger partial charge >= 0.3 is 0 Å². The zero-order chi connectivity index (χ0) is 22.2. The molecule has 0 amide bonds. The van der Waals surface area contributed by atoms with Gasteiger partial charge in [-0.1, -0.05) is 75.1 Å². The van der Waals surface area contributed by atoms with Crippen molar-refractivity contribution in [3.8, 4) is 0 Å². The average Bonchev–Trinajstić information content (AvgIpc) is 2.86. The third-order valence-corrected chi connectivity index (χ3v) is 9.97. The lowest BCUT2D eigenvalue weighted by Gasteiger charge is -2.41. The van der Waals surface area contributed by atoms with E-state index in [4.69, 9.17) is 0 Å². The Labute approximate surface area is 199 Å². The fraction of sp³-hybridized carbons (Fsp3) is 0.750. The van der Waals surface area contributed by atoms with Gasteiger partial charge < -0.3 is 0 Å². The van der Waals surface area contributed by atoms with E-state index in [0.29, 0.717) is 0 Å². The monoisotopic (exact) mass is 434 g/mol. The molecule has 1 aromatic rings. The van der Waals surface area contributed by atoms with E-state index >= 15 is 0 Å². The second-order valence-electron chi connectivity index (χ2n) is 11.9. The summed E-state index contributed by atoms with van der Waals surface area (Å²) in [6.07, 6.45) is 27.2. The zero-order valence-electron chi connectivity index (χ0n) is 21.2. The van der Waals surface area contributed by atoms with E-state index in [1.807, 2.05) is 0 Å². The van der Waals surface area contributed by atoms with E-state index in [2.05, 4.69) is 56.3 Å². The molecule has 4 rings (SSSR count). The second-order valence-corrected chi connectivity index (χ2v) is 11.9. The Morgan fingerprint density at radius 2 is 1.16 bits per heavy atom. The van der Waals surface area contributed by atoms with Crippen LogP contribution in [0.4, 0.5) is 0 Å². The Hall–Kier alpha value is -1.04. The fourth-order valence-electron chi connectivity index (χ4n) is 7.85. The molecule has 178 valence electrons. The molecule has 1 atom stereocenters. The predicted octanol–water partition coefficient (Wildman–Crippen LogP) is 9.96. The third kappa shape index (κ3) is 6.74. The van der Waals surface area contributed by atoms with Gasteiger partial charge in [0.15, 0.2) is 0 Å². The van der Waals surface area contributed by atoms with Gasteiger partial charge in [-0.3, -0.25) is 0 Å². The van der Waals surface area contributed by atoms with Crippen LogP contribution in [0.1, 0.15) is 122 Å². The van der Waals surface area contributed by atoms with E-state index in [1.54, 1.807) is 44.1 Å². The van der Waals surface area contributed by atoms with Crippen LogP contribution in [0.3, 0.4) is 0 Å². The first-order valence-electron chi connectivity index (χ1n) is 14.4. The molecular weight excluding hydrogens is 384 g/mol. The minimum atomic E-state index is 0.728. The number of hydrogen-bond donors (Lipinski definition) is 0. The second kappa shape index (κ2) is 12.4. The highest BCUT2D eigenvalue weighted by Gasteiger charge is 2.34. The summed E-state index contributed by atoms with van der Waals surface area (Å²) in [6.45, 7) is 4.60. The largest absolute Gasteiger partial charge is 0.0917 e. The summed E-state index contributed by atoms with van der Waals surface area (Å²) in [5.74, 6) is 7.00. The quantitative estimate of drug-likeness (QED) is 0.357. The van der Waals surface area contributed by atoms with Gasteiger partial charge in [-0.05, 0) is 125 Å². The third-order valence-electron chi connectivity index (χ3n) is 9.97. The zero-order valence-corrected chi connectivity index (χ0v) is 21.2. The van der Waals surface area contributed by atoms with E-state index in [0.717, 1.165) is 41.4 Å². The van der Waals surface area contributed by atoms with Crippen molar-refractivity contribution in [2.24, 2.45) is 35.5 Å². The summed E-state index contributed by atoms with van der Waals surface area (Å²) in [5, 5.41) is 0. The Morgan fingerprint density at radius 3 is 1.66 bits per heavy atom. The molecule has 3 saturated carbocycles. The van der Waals surface area contributed by atoms with Crippen molar-refractivity contribution in [2.75, 3.05) is 0 Å². The first-order valence-corrected chi connectivity index (χ1v) is 14.4. The molecule has 0 spiro atoms. The summed E-state index contributed by atoms with van der Waals surface area (Å²) in [7, 11) is 0. The van der Waals surface area contributed by atoms with Gasteiger partial charge in [-0.25, -0.2) is 0 Å². The Bertz CT molecular complexity index is 649. The van der Waals surface area contributed by atoms with Crippen molar-refractivity contribution in [2.45, 2.75) is 116 Å². The Kier molecular flexibility index (Phi) is 9.36. The molecule has 0 aliphatic heterocycles. The topological polar surface area (TPSA) is 0 Å². The molecule has 0 radical (unpaired) electrons. The maximum atomic E-state index is 2.44. The Morgan fingerprint density at radius 1 is 0.688 bits per heavy atom. The van der Waals surface area contributed by atoms with Crippen LogP contribution in [-0.4, -0.2) is 0 Å². The molecule has 0 heteroatoms. The Balaban J connectivity index is 1.13. The first-order chi connectivity index (χ1) is 15.7. The lowest BCUT2D eigenvalue weighted by atomic mass is 9.64. The average molecular weight is 435 g/mol. The first kappa shape index (κ1) is 24.1. The van der Waals surface area contributed by atoms with E-state index in [1.165, 1.54) is 57.8 Å². The normalized spacial score (nSPS) is 35.1. The van der Waals surface area contributed by atoms with Crippen LogP contribution in [0.2, 0.25) is 0 Å².